The van der Waals surface area contributed by atoms with Crippen LogP contribution in [0.25, 0.3) is 10.4 Å². The number of rotatable bonds is 16. The van der Waals surface area contributed by atoms with Crippen LogP contribution in [0.15, 0.2) is 54.0 Å². The van der Waals surface area contributed by atoms with E-state index in [0.717, 1.165) is 32.8 Å². The van der Waals surface area contributed by atoms with Crippen molar-refractivity contribution in [1.29, 1.82) is 0 Å². The Hall–Kier alpha value is -4.62. The van der Waals surface area contributed by atoms with E-state index in [4.69, 9.17) is 5.73 Å². The molecule has 4 rings (SSSR count). The van der Waals surface area contributed by atoms with Crippen LogP contribution in [-0.2, 0) is 43.5 Å². The van der Waals surface area contributed by atoms with E-state index >= 15 is 0 Å². The van der Waals surface area contributed by atoms with Gasteiger partial charge in [0.05, 0.1) is 22.2 Å². The third kappa shape index (κ3) is 11.4. The van der Waals surface area contributed by atoms with Gasteiger partial charge in [-0.1, -0.05) is 76.2 Å². The molecular formula is C39H52N6O6S. The fourth-order valence-corrected chi connectivity index (χ4v) is 6.96. The van der Waals surface area contributed by atoms with Crippen LogP contribution in [0.1, 0.15) is 82.2 Å². The van der Waals surface area contributed by atoms with Crippen molar-refractivity contribution in [1.82, 2.24) is 25.8 Å². The van der Waals surface area contributed by atoms with Gasteiger partial charge < -0.3 is 31.7 Å². The number of primary amides is 1. The highest BCUT2D eigenvalue weighted by Gasteiger charge is 2.44. The third-order valence-electron chi connectivity index (χ3n) is 9.34. The van der Waals surface area contributed by atoms with Crippen molar-refractivity contribution in [2.45, 2.75) is 104 Å². The summed E-state index contributed by atoms with van der Waals surface area (Å²) in [5.41, 5.74) is 11.2. The molecule has 12 nitrogen and oxygen atoms in total. The van der Waals surface area contributed by atoms with Crippen LogP contribution in [0.4, 0.5) is 0 Å². The van der Waals surface area contributed by atoms with E-state index in [1.54, 1.807) is 18.3 Å². The van der Waals surface area contributed by atoms with Gasteiger partial charge in [0.2, 0.25) is 29.5 Å². The monoisotopic (exact) mass is 732 g/mol. The first-order valence-electron chi connectivity index (χ1n) is 17.8. The first-order valence-corrected chi connectivity index (χ1v) is 18.7. The standard InChI is InChI=1S/C39H52N6O6S/c1-24(9-18-32(40)47)36(49)41-20-27-12-10-26(11-13-27)7-6-8-33(48)44-35(39(3,4)5)38(51)45-22-30(46)19-31(45)37(50)42-21-28-14-16-29(17-15-28)34-25(2)43-23-52-34/h10-17,23-24,30-31,35,46H,6-9,18-22H2,1-5H3,(H2,40,47)(H,41,49)(H,42,50)(H,44,48)/t24-,30+,31-,35+/m0/s1. The minimum Gasteiger partial charge on any atom is -0.391 e. The number of nitrogens with two attached hydrogens (primary N) is 1. The summed E-state index contributed by atoms with van der Waals surface area (Å²) in [6, 6.07) is 13.9. The molecule has 13 heteroatoms. The molecule has 0 radical (unpaired) electrons. The zero-order chi connectivity index (χ0) is 38.0. The Bertz CT molecular complexity index is 1700. The predicted octanol–water partition coefficient (Wildman–Crippen LogP) is 3.77. The molecule has 2 heterocycles. The van der Waals surface area contributed by atoms with Gasteiger partial charge in [-0.05, 0) is 53.9 Å². The molecule has 4 atom stereocenters. The van der Waals surface area contributed by atoms with E-state index in [1.165, 1.54) is 4.90 Å². The SMILES string of the molecule is Cc1ncsc1-c1ccc(CNC(=O)[C@@H]2C[C@@H](O)CN2C(=O)[C@@H](NC(=O)CCCc2ccc(CNC(=O)[C@@H](C)CCC(N)=O)cc2)C(C)(C)C)cc1. The molecule has 3 aromatic rings. The molecule has 280 valence electrons. The molecule has 1 saturated heterocycles. The largest absolute Gasteiger partial charge is 0.391 e. The van der Waals surface area contributed by atoms with E-state index in [-0.39, 0.29) is 56.0 Å². The number of thiazole rings is 1. The van der Waals surface area contributed by atoms with Gasteiger partial charge in [-0.25, -0.2) is 4.98 Å². The van der Waals surface area contributed by atoms with Gasteiger partial charge in [0.15, 0.2) is 0 Å². The predicted molar refractivity (Wildman–Crippen MR) is 200 cm³/mol. The Morgan fingerprint density at radius 1 is 0.962 bits per heavy atom. The summed E-state index contributed by atoms with van der Waals surface area (Å²) in [5, 5.41) is 19.2. The van der Waals surface area contributed by atoms with Gasteiger partial charge in [0.25, 0.3) is 0 Å². The minimum absolute atomic E-state index is 0.0102. The number of aliphatic hydroxyl groups is 1. The Labute approximate surface area is 310 Å². The molecule has 1 aliphatic heterocycles. The molecule has 1 aliphatic rings. The molecular weight excluding hydrogens is 681 g/mol. The van der Waals surface area contributed by atoms with E-state index < -0.39 is 35.4 Å². The van der Waals surface area contributed by atoms with Crippen molar-refractivity contribution in [3.8, 4) is 10.4 Å². The van der Waals surface area contributed by atoms with Crippen LogP contribution in [-0.4, -0.2) is 69.3 Å². The molecule has 0 saturated carbocycles. The quantitative estimate of drug-likeness (QED) is 0.149. The molecule has 0 bridgehead atoms. The molecule has 6 N–H and O–H groups in total. The van der Waals surface area contributed by atoms with Crippen molar-refractivity contribution < 1.29 is 29.1 Å². The van der Waals surface area contributed by atoms with Crippen LogP contribution in [0, 0.1) is 18.3 Å². The summed E-state index contributed by atoms with van der Waals surface area (Å²) >= 11 is 1.57. The fraction of sp³-hybridized carbons (Fsp3) is 0.487. The molecule has 5 amide bonds. The second-order valence-electron chi connectivity index (χ2n) is 14.7. The molecule has 2 aromatic carbocycles. The Morgan fingerprint density at radius 2 is 1.58 bits per heavy atom. The van der Waals surface area contributed by atoms with Gasteiger partial charge in [0.1, 0.15) is 12.1 Å². The van der Waals surface area contributed by atoms with E-state index in [1.807, 2.05) is 81.7 Å². The second-order valence-corrected chi connectivity index (χ2v) is 15.6. The number of carbonyl (C=O) groups is 5. The summed E-state index contributed by atoms with van der Waals surface area (Å²) in [4.78, 5) is 70.5. The highest BCUT2D eigenvalue weighted by atomic mass is 32.1. The highest BCUT2D eigenvalue weighted by Crippen LogP contribution is 2.28. The Balaban J connectivity index is 1.26. The number of carbonyl (C=O) groups excluding carboxylic acids is 5. The zero-order valence-electron chi connectivity index (χ0n) is 30.7. The molecule has 0 aliphatic carbocycles. The number of likely N-dealkylation sites (tertiary alicyclic amines) is 1. The first-order chi connectivity index (χ1) is 24.6. The van der Waals surface area contributed by atoms with Gasteiger partial charge in [-0.2, -0.15) is 0 Å². The first kappa shape index (κ1) is 40.2. The zero-order valence-corrected chi connectivity index (χ0v) is 31.6. The Kier molecular flexibility index (Phi) is 14.1. The minimum atomic E-state index is -0.892. The van der Waals surface area contributed by atoms with E-state index in [9.17, 15) is 29.1 Å². The third-order valence-corrected chi connectivity index (χ3v) is 10.3. The summed E-state index contributed by atoms with van der Waals surface area (Å²) in [6.07, 6.45) is 1.25. The second kappa shape index (κ2) is 18.2. The molecule has 52 heavy (non-hydrogen) atoms. The number of nitrogens with zero attached hydrogens (tertiary/aromatic N) is 2. The number of aliphatic hydroxyl groups excluding tert-OH is 1. The van der Waals surface area contributed by atoms with Crippen LogP contribution in [0.2, 0.25) is 0 Å². The molecule has 0 spiro atoms. The number of hydrogen-bond acceptors (Lipinski definition) is 8. The Morgan fingerprint density at radius 3 is 2.17 bits per heavy atom. The van der Waals surface area contributed by atoms with Crippen molar-refractivity contribution in [2.75, 3.05) is 6.54 Å². The lowest BCUT2D eigenvalue weighted by Crippen LogP contribution is -2.57. The number of nitrogens with one attached hydrogen (secondary N) is 3. The average molecular weight is 733 g/mol. The number of aromatic nitrogens is 1. The lowest BCUT2D eigenvalue weighted by molar-refractivity contribution is -0.144. The maximum Gasteiger partial charge on any atom is 0.246 e. The molecule has 1 aromatic heterocycles. The molecule has 0 unspecified atom stereocenters. The smallest absolute Gasteiger partial charge is 0.246 e. The fourth-order valence-electron chi connectivity index (χ4n) is 6.14. The van der Waals surface area contributed by atoms with Gasteiger partial charge in [0, 0.05) is 44.8 Å². The lowest BCUT2D eigenvalue weighted by Gasteiger charge is -2.35. The van der Waals surface area contributed by atoms with Gasteiger partial charge in [-0.15, -0.1) is 11.3 Å². The van der Waals surface area contributed by atoms with Crippen LogP contribution in [0.5, 0.6) is 0 Å². The number of amides is 5. The van der Waals surface area contributed by atoms with E-state index in [2.05, 4.69) is 20.9 Å². The van der Waals surface area contributed by atoms with Crippen LogP contribution in [0.3, 0.4) is 0 Å². The maximum absolute atomic E-state index is 13.9. The average Bonchev–Trinajstić information content (AvgIpc) is 3.72. The summed E-state index contributed by atoms with van der Waals surface area (Å²) in [7, 11) is 0. The lowest BCUT2D eigenvalue weighted by atomic mass is 9.85. The van der Waals surface area contributed by atoms with Gasteiger partial charge in [-0.3, -0.25) is 24.0 Å². The van der Waals surface area contributed by atoms with Crippen molar-refractivity contribution in [2.24, 2.45) is 17.1 Å². The van der Waals surface area contributed by atoms with Crippen molar-refractivity contribution in [3.05, 3.63) is 76.4 Å². The van der Waals surface area contributed by atoms with Gasteiger partial charge >= 0.3 is 0 Å². The normalized spacial score (nSPS) is 16.9. The number of benzene rings is 2. The summed E-state index contributed by atoms with van der Waals surface area (Å²) in [5.74, 6) is -1.89. The van der Waals surface area contributed by atoms with Crippen molar-refractivity contribution >= 4 is 40.9 Å². The summed E-state index contributed by atoms with van der Waals surface area (Å²) in [6.45, 7) is 9.96. The summed E-state index contributed by atoms with van der Waals surface area (Å²) < 4.78 is 0. The van der Waals surface area contributed by atoms with Crippen LogP contribution >= 0.6 is 11.3 Å². The number of β-amino-alcohol motifs (C(OH)–C–C–N with tert-alkyl or cyclic N) is 1. The number of aryl methyl sites for hydroxylation is 2. The van der Waals surface area contributed by atoms with Crippen LogP contribution < -0.4 is 21.7 Å². The number of hydrogen-bond donors (Lipinski definition) is 5. The van der Waals surface area contributed by atoms with Crippen molar-refractivity contribution in [3.63, 3.8) is 0 Å². The maximum atomic E-state index is 13.9. The molecule has 1 fully saturated rings. The topological polar surface area (TPSA) is 184 Å². The highest BCUT2D eigenvalue weighted by molar-refractivity contribution is 7.13. The van der Waals surface area contributed by atoms with E-state index in [0.29, 0.717) is 25.8 Å².